The molecule has 0 nitrogen and oxygen atoms in total. The number of hydrogen-bond acceptors (Lipinski definition) is 0. The molecule has 0 aliphatic heterocycles. The Morgan fingerprint density at radius 1 is 0.595 bits per heavy atom. The fourth-order valence-corrected chi connectivity index (χ4v) is 5.94. The van der Waals surface area contributed by atoms with E-state index in [1.165, 1.54) is 77.2 Å². The summed E-state index contributed by atoms with van der Waals surface area (Å²) in [6, 6.07) is 25.4. The molecule has 0 atom stereocenters. The van der Waals surface area contributed by atoms with Gasteiger partial charge in [-0.3, -0.25) is 6.08 Å². The van der Waals surface area contributed by atoms with Gasteiger partial charge in [0.1, 0.15) is 0 Å². The van der Waals surface area contributed by atoms with Crippen LogP contribution in [-0.2, 0) is 26.2 Å². The molecule has 0 unspecified atom stereocenters. The van der Waals surface area contributed by atoms with Crippen molar-refractivity contribution in [2.75, 3.05) is 0 Å². The van der Waals surface area contributed by atoms with Crippen LogP contribution in [0.2, 0.25) is 0 Å². The Bertz CT molecular complexity index is 1500. The van der Waals surface area contributed by atoms with Gasteiger partial charge in [0.2, 0.25) is 0 Å². The maximum absolute atomic E-state index is 2.99. The molecule has 0 amide bonds. The van der Waals surface area contributed by atoms with Gasteiger partial charge in [-0.15, -0.1) is 46.2 Å². The summed E-state index contributed by atoms with van der Waals surface area (Å²) < 4.78 is 0. The van der Waals surface area contributed by atoms with E-state index in [2.05, 4.69) is 120 Å². The molecule has 5 aromatic rings. The second kappa shape index (κ2) is 17.7. The minimum Gasteiger partial charge on any atom is -1.00 e. The third-order valence-electron chi connectivity index (χ3n) is 7.22. The van der Waals surface area contributed by atoms with E-state index in [0.29, 0.717) is 0 Å². The van der Waals surface area contributed by atoms with Crippen LogP contribution in [0.25, 0.3) is 43.8 Å². The van der Waals surface area contributed by atoms with Crippen LogP contribution in [0.5, 0.6) is 0 Å². The SMILES string of the molecule is C.Cc1cc(C)c(-c2ccc3c(c2)[cH-]c2cc(-c4c(C)cc(C)cc4C)ccc23)c(C)c1.[C-]1=CC=CC1.[CH3-].[CH3-].[Cl-].[Cl-].[Zr+2]. The van der Waals surface area contributed by atoms with E-state index in [9.17, 15) is 0 Å². The molecule has 0 N–H and O–H groups in total. The zero-order valence-corrected chi connectivity index (χ0v) is 29.5. The van der Waals surface area contributed by atoms with Crippen LogP contribution in [-0.4, -0.2) is 0 Å². The van der Waals surface area contributed by atoms with Gasteiger partial charge in [0.25, 0.3) is 0 Å². The van der Waals surface area contributed by atoms with E-state index in [-0.39, 0.29) is 73.3 Å². The van der Waals surface area contributed by atoms with Crippen molar-refractivity contribution in [3.63, 3.8) is 0 Å². The molecule has 0 saturated carbocycles. The predicted octanol–water partition coefficient (Wildman–Crippen LogP) is 5.74. The fourth-order valence-electron chi connectivity index (χ4n) is 5.94. The first kappa shape index (κ1) is 41.8. The molecule has 0 heterocycles. The second-order valence-electron chi connectivity index (χ2n) is 10.3. The van der Waals surface area contributed by atoms with E-state index in [4.69, 9.17) is 0 Å². The molecule has 1 aliphatic rings. The van der Waals surface area contributed by atoms with Crippen molar-refractivity contribution >= 4 is 21.5 Å². The van der Waals surface area contributed by atoms with Crippen LogP contribution in [0.3, 0.4) is 0 Å². The number of allylic oxidation sites excluding steroid dienone is 4. The topological polar surface area (TPSA) is 0 Å². The monoisotopic (exact) mass is 672 g/mol. The van der Waals surface area contributed by atoms with Crippen LogP contribution in [0.1, 0.15) is 47.2 Å². The summed E-state index contributed by atoms with van der Waals surface area (Å²) in [5.41, 5.74) is 13.4. The van der Waals surface area contributed by atoms with Crippen LogP contribution >= 0.6 is 0 Å². The van der Waals surface area contributed by atoms with Crippen molar-refractivity contribution in [1.29, 1.82) is 0 Å². The van der Waals surface area contributed by atoms with Crippen molar-refractivity contribution in [3.05, 3.63) is 139 Å². The molecule has 0 aromatic heterocycles. The zero-order valence-electron chi connectivity index (χ0n) is 25.5. The largest absolute Gasteiger partial charge is 2.00 e. The standard InChI is InChI=1S/C31H29.C5H5.CH4.2CH3.2ClH.Zr/c1-18-11-20(3)30(21(4)12-18)24-7-9-28-26(15-24)17-27-16-25(8-10-29(27)28)31-22(5)13-19(2)14-23(31)6;1-2-4-5-3-1;;;;;;/h7-17H,1-6H3;1-3H,4H2;1H4;2*1H3;2*1H;/q2*-1;;2*-1;;;+2/p-2. The Balaban J connectivity index is 0. The van der Waals surface area contributed by atoms with E-state index in [1.807, 2.05) is 12.2 Å². The summed E-state index contributed by atoms with van der Waals surface area (Å²) in [6.45, 7) is 13.2. The van der Waals surface area contributed by atoms with Crippen molar-refractivity contribution in [1.82, 2.24) is 0 Å². The van der Waals surface area contributed by atoms with Gasteiger partial charge in [-0.05, 0) is 74.9 Å². The molecule has 1 aliphatic carbocycles. The molecule has 0 spiro atoms. The Morgan fingerprint density at radius 3 is 1.26 bits per heavy atom. The zero-order chi connectivity index (χ0) is 25.4. The van der Waals surface area contributed by atoms with Gasteiger partial charge in [0, 0.05) is 0 Å². The third-order valence-corrected chi connectivity index (χ3v) is 7.22. The average Bonchev–Trinajstić information content (AvgIpc) is 3.49. The van der Waals surface area contributed by atoms with E-state index in [0.717, 1.165) is 6.42 Å². The molecule has 42 heavy (non-hydrogen) atoms. The maximum Gasteiger partial charge on any atom is 2.00 e. The number of aryl methyl sites for hydroxylation is 6. The van der Waals surface area contributed by atoms with Crippen LogP contribution in [0, 0.1) is 62.5 Å². The van der Waals surface area contributed by atoms with Gasteiger partial charge >= 0.3 is 26.2 Å². The molecular formula is C39H44Cl2Zr-4. The average molecular weight is 675 g/mol. The van der Waals surface area contributed by atoms with Crippen LogP contribution < -0.4 is 24.8 Å². The Labute approximate surface area is 287 Å². The number of hydrogen-bond donors (Lipinski definition) is 0. The van der Waals surface area contributed by atoms with Crippen LogP contribution in [0.15, 0.2) is 85.0 Å². The summed E-state index contributed by atoms with van der Waals surface area (Å²) >= 11 is 0. The summed E-state index contributed by atoms with van der Waals surface area (Å²) in [6.07, 6.45) is 10.0. The Morgan fingerprint density at radius 2 is 0.976 bits per heavy atom. The van der Waals surface area contributed by atoms with Crippen LogP contribution in [0.4, 0.5) is 0 Å². The first-order valence-corrected chi connectivity index (χ1v) is 12.8. The molecule has 0 fully saturated rings. The molecule has 6 rings (SSSR count). The van der Waals surface area contributed by atoms with Crippen molar-refractivity contribution in [2.45, 2.75) is 55.4 Å². The van der Waals surface area contributed by atoms with Gasteiger partial charge in [-0.1, -0.05) is 78.2 Å². The van der Waals surface area contributed by atoms with Crippen molar-refractivity contribution in [2.24, 2.45) is 0 Å². The quantitative estimate of drug-likeness (QED) is 0.210. The number of rotatable bonds is 2. The first-order valence-electron chi connectivity index (χ1n) is 12.8. The number of benzene rings is 4. The molecular weight excluding hydrogens is 631 g/mol. The fraction of sp³-hybridized carbons (Fsp3) is 0.205. The Kier molecular flexibility index (Phi) is 17.7. The molecule has 0 bridgehead atoms. The van der Waals surface area contributed by atoms with Gasteiger partial charge < -0.3 is 39.7 Å². The number of halogens is 2. The van der Waals surface area contributed by atoms with Crippen molar-refractivity contribution in [3.8, 4) is 22.3 Å². The van der Waals surface area contributed by atoms with Gasteiger partial charge in [-0.2, -0.15) is 6.08 Å². The summed E-state index contributed by atoms with van der Waals surface area (Å²) in [4.78, 5) is 0. The molecule has 3 heteroatoms. The normalized spacial score (nSPS) is 10.6. The molecule has 0 saturated heterocycles. The van der Waals surface area contributed by atoms with Crippen molar-refractivity contribution < 1.29 is 51.0 Å². The smallest absolute Gasteiger partial charge is 1.00 e. The summed E-state index contributed by atoms with van der Waals surface area (Å²) in [7, 11) is 0. The molecule has 222 valence electrons. The minimum atomic E-state index is 0. The number of fused-ring (bicyclic) bond motifs is 3. The second-order valence-corrected chi connectivity index (χ2v) is 10.3. The van der Waals surface area contributed by atoms with Gasteiger partial charge in [-0.25, -0.2) is 12.2 Å². The summed E-state index contributed by atoms with van der Waals surface area (Å²) in [5.74, 6) is 0. The van der Waals surface area contributed by atoms with E-state index in [1.54, 1.807) is 0 Å². The first-order chi connectivity index (χ1) is 17.3. The maximum atomic E-state index is 2.99. The van der Waals surface area contributed by atoms with Gasteiger partial charge in [0.15, 0.2) is 0 Å². The third kappa shape index (κ3) is 8.63. The summed E-state index contributed by atoms with van der Waals surface area (Å²) in [5, 5.41) is 5.32. The molecule has 5 aromatic carbocycles. The van der Waals surface area contributed by atoms with E-state index >= 15 is 0 Å². The van der Waals surface area contributed by atoms with E-state index < -0.39 is 0 Å². The van der Waals surface area contributed by atoms with Gasteiger partial charge in [0.05, 0.1) is 0 Å². The predicted molar refractivity (Wildman–Crippen MR) is 177 cm³/mol. The molecule has 0 radical (unpaired) electrons. The Hall–Kier alpha value is -2.31. The minimum absolute atomic E-state index is 0.